The lowest BCUT2D eigenvalue weighted by atomic mass is 9.82. The van der Waals surface area contributed by atoms with Crippen LogP contribution in [-0.2, 0) is 0 Å². The summed E-state index contributed by atoms with van der Waals surface area (Å²) in [5, 5.41) is 11.9. The second-order valence-corrected chi connectivity index (χ2v) is 26.0. The standard InChI is InChI=1S/C90H64N6/c1-56-45-51-72(71-37-22-43-82-86(71)74-32-12-16-39-78(74)94(82)64-27-7-4-8-28-64)87-76-34-14-18-41-80(76)96(89(56)87)65-29-19-24-59(54-65)57(2)67-52-49-58-23-9-10-30-68(58)88(67)92-90(91)62-47-46-61-55-66(50-48-60(61)53-62)95-79-40-17-13-33-75(79)85-70(36-21-44-83(85)95)69-35-20-42-81-84(69)73-31-11-15-38-77(73)93(81)63-25-5-3-6-26-63/h3-35,37-44,46-56,70H,2,36,45H2,1H3,(H2,91,92). The van der Waals surface area contributed by atoms with Gasteiger partial charge in [-0.1, -0.05) is 226 Å². The number of aliphatic imine (C=N–C) groups is 1. The molecule has 4 aromatic heterocycles. The van der Waals surface area contributed by atoms with Crippen LogP contribution in [0.3, 0.4) is 0 Å². The first-order chi connectivity index (χ1) is 47.4. The first kappa shape index (κ1) is 55.4. The largest absolute Gasteiger partial charge is 0.383 e. The molecule has 0 bridgehead atoms. The summed E-state index contributed by atoms with van der Waals surface area (Å²) in [7, 11) is 0. The van der Waals surface area contributed by atoms with Gasteiger partial charge in [-0.25, -0.2) is 4.99 Å². The molecule has 0 saturated heterocycles. The van der Waals surface area contributed by atoms with Crippen LogP contribution in [-0.4, -0.2) is 24.1 Å². The van der Waals surface area contributed by atoms with Gasteiger partial charge in [0.25, 0.3) is 0 Å². The minimum Gasteiger partial charge on any atom is -0.383 e. The number of hydrogen-bond acceptors (Lipinski definition) is 1. The molecule has 4 heterocycles. The zero-order chi connectivity index (χ0) is 63.7. The molecule has 0 fully saturated rings. The van der Waals surface area contributed by atoms with Gasteiger partial charge in [0.2, 0.25) is 0 Å². The van der Waals surface area contributed by atoms with Crippen LogP contribution in [0.2, 0.25) is 0 Å². The summed E-state index contributed by atoms with van der Waals surface area (Å²) in [6.07, 6.45) is 9.03. The molecule has 0 aliphatic heterocycles. The number of rotatable bonds is 10. The van der Waals surface area contributed by atoms with E-state index in [1.165, 1.54) is 105 Å². The zero-order valence-electron chi connectivity index (χ0n) is 53.0. The maximum Gasteiger partial charge on any atom is 0.131 e. The number of allylic oxidation sites excluding steroid dienone is 2. The second kappa shape index (κ2) is 21.9. The van der Waals surface area contributed by atoms with E-state index in [0.29, 0.717) is 5.84 Å². The Kier molecular flexibility index (Phi) is 12.7. The average Bonchev–Trinajstić information content (AvgIpc) is 1.56. The van der Waals surface area contributed by atoms with Crippen LogP contribution in [0.25, 0.3) is 127 Å². The molecule has 0 amide bonds. The Morgan fingerprint density at radius 2 is 0.979 bits per heavy atom. The smallest absolute Gasteiger partial charge is 0.131 e. The van der Waals surface area contributed by atoms with Gasteiger partial charge < -0.3 is 24.0 Å². The molecule has 0 spiro atoms. The highest BCUT2D eigenvalue weighted by Crippen LogP contribution is 2.50. The van der Waals surface area contributed by atoms with E-state index in [2.05, 4.69) is 335 Å². The van der Waals surface area contributed by atoms with E-state index in [9.17, 15) is 0 Å². The van der Waals surface area contributed by atoms with E-state index in [0.717, 1.165) is 85.1 Å². The number of amidine groups is 1. The summed E-state index contributed by atoms with van der Waals surface area (Å²) in [6, 6.07) is 106. The maximum absolute atomic E-state index is 7.28. The first-order valence-electron chi connectivity index (χ1n) is 33.4. The summed E-state index contributed by atoms with van der Waals surface area (Å²) in [5.74, 6) is 0.832. The fourth-order valence-corrected chi connectivity index (χ4v) is 16.5. The molecule has 0 radical (unpaired) electrons. The van der Waals surface area contributed by atoms with Crippen molar-refractivity contribution in [2.24, 2.45) is 10.7 Å². The number of para-hydroxylation sites is 6. The van der Waals surface area contributed by atoms with Gasteiger partial charge in [0.1, 0.15) is 5.84 Å². The van der Waals surface area contributed by atoms with Crippen LogP contribution >= 0.6 is 0 Å². The maximum atomic E-state index is 7.28. The van der Waals surface area contributed by atoms with Crippen LogP contribution < -0.4 is 5.73 Å². The highest BCUT2D eigenvalue weighted by Gasteiger charge is 2.32. The average molecular weight is 1230 g/mol. The van der Waals surface area contributed by atoms with E-state index < -0.39 is 0 Å². The van der Waals surface area contributed by atoms with Crippen LogP contribution in [0.15, 0.2) is 315 Å². The SMILES string of the molecule is C=C(c1cccc(-n2c3c(c4ccccc42)C(c2cccc4c2c2ccccc2n4-c2ccccc2)=CCC3C)c1)c1ccc2ccccc2c1N=C(N)c1ccc2cc(-n3c4c(c5ccccc53)C(c3cccc5c3c3ccccc3n5-c3ccccc3)CC=C4)ccc2c1. The molecule has 96 heavy (non-hydrogen) atoms. The van der Waals surface area contributed by atoms with Crippen molar-refractivity contribution in [3.8, 4) is 22.7 Å². The van der Waals surface area contributed by atoms with Crippen molar-refractivity contribution < 1.29 is 0 Å². The van der Waals surface area contributed by atoms with Gasteiger partial charge in [-0.2, -0.15) is 0 Å². The molecule has 2 aliphatic rings. The molecule has 2 aliphatic carbocycles. The van der Waals surface area contributed by atoms with Crippen molar-refractivity contribution in [3.63, 3.8) is 0 Å². The van der Waals surface area contributed by atoms with Gasteiger partial charge >= 0.3 is 0 Å². The van der Waals surface area contributed by atoms with Gasteiger partial charge in [-0.05, 0) is 159 Å². The Hall–Kier alpha value is -12.3. The quantitative estimate of drug-likeness (QED) is 0.108. The Morgan fingerprint density at radius 3 is 1.72 bits per heavy atom. The van der Waals surface area contributed by atoms with Gasteiger partial charge in [-0.15, -0.1) is 0 Å². The number of nitrogens with two attached hydrogens (primary N) is 1. The van der Waals surface area contributed by atoms with Gasteiger partial charge in [-0.3, -0.25) is 0 Å². The predicted molar refractivity (Wildman–Crippen MR) is 404 cm³/mol. The summed E-state index contributed by atoms with van der Waals surface area (Å²) >= 11 is 0. The van der Waals surface area contributed by atoms with E-state index in [-0.39, 0.29) is 11.8 Å². The third kappa shape index (κ3) is 8.48. The summed E-state index contributed by atoms with van der Waals surface area (Å²) in [4.78, 5) is 5.42. The molecule has 19 rings (SSSR count). The Morgan fingerprint density at radius 1 is 0.427 bits per heavy atom. The minimum absolute atomic E-state index is 0.145. The van der Waals surface area contributed by atoms with Crippen molar-refractivity contribution in [1.82, 2.24) is 18.3 Å². The topological polar surface area (TPSA) is 58.1 Å². The van der Waals surface area contributed by atoms with Crippen LogP contribution in [0.4, 0.5) is 5.69 Å². The summed E-state index contributed by atoms with van der Waals surface area (Å²) < 4.78 is 9.82. The summed E-state index contributed by atoms with van der Waals surface area (Å²) in [5.41, 5.74) is 32.5. The number of fused-ring (bicyclic) bond motifs is 14. The van der Waals surface area contributed by atoms with Crippen molar-refractivity contribution in [1.29, 1.82) is 0 Å². The van der Waals surface area contributed by atoms with E-state index in [4.69, 9.17) is 17.3 Å². The van der Waals surface area contributed by atoms with Crippen molar-refractivity contribution in [2.45, 2.75) is 31.6 Å². The van der Waals surface area contributed by atoms with Crippen LogP contribution in [0.5, 0.6) is 0 Å². The highest BCUT2D eigenvalue weighted by molar-refractivity contribution is 6.17. The fraction of sp³-hybridized carbons (Fsp3) is 0.0556. The Bertz CT molecular complexity index is 6200. The van der Waals surface area contributed by atoms with Crippen LogP contribution in [0.1, 0.15) is 81.9 Å². The third-order valence-electron chi connectivity index (χ3n) is 20.7. The van der Waals surface area contributed by atoms with Crippen molar-refractivity contribution >= 4 is 116 Å². The molecule has 17 aromatic rings. The molecule has 6 nitrogen and oxygen atoms in total. The first-order valence-corrected chi connectivity index (χ1v) is 33.4. The predicted octanol–water partition coefficient (Wildman–Crippen LogP) is 22.7. The number of nitrogens with zero attached hydrogens (tertiary/aromatic N) is 5. The number of aromatic nitrogens is 4. The Balaban J connectivity index is 0.674. The third-order valence-corrected chi connectivity index (χ3v) is 20.7. The molecule has 6 heteroatoms. The van der Waals surface area contributed by atoms with E-state index >= 15 is 0 Å². The number of benzene rings is 13. The molecule has 454 valence electrons. The highest BCUT2D eigenvalue weighted by atomic mass is 15.0. The van der Waals surface area contributed by atoms with E-state index in [1.807, 2.05) is 0 Å². The molecule has 2 atom stereocenters. The minimum atomic E-state index is 0.145. The second-order valence-electron chi connectivity index (χ2n) is 26.0. The molecule has 2 unspecified atom stereocenters. The molecular formula is C90H64N6. The summed E-state index contributed by atoms with van der Waals surface area (Å²) in [6.45, 7) is 7.27. The van der Waals surface area contributed by atoms with Crippen molar-refractivity contribution in [3.05, 3.63) is 360 Å². The lowest BCUT2D eigenvalue weighted by Gasteiger charge is -2.24. The lowest BCUT2D eigenvalue weighted by molar-refractivity contribution is 0.721. The Labute approximate surface area is 556 Å². The molecule has 2 N–H and O–H groups in total. The van der Waals surface area contributed by atoms with Gasteiger partial charge in [0, 0.05) is 94.7 Å². The normalized spacial score (nSPS) is 14.8. The van der Waals surface area contributed by atoms with E-state index in [1.54, 1.807) is 0 Å². The molecule has 13 aromatic carbocycles. The molecule has 0 saturated carbocycles. The van der Waals surface area contributed by atoms with Gasteiger partial charge in [0.05, 0.1) is 44.5 Å². The number of hydrogen-bond donors (Lipinski definition) is 1. The lowest BCUT2D eigenvalue weighted by Crippen LogP contribution is -2.13. The zero-order valence-corrected chi connectivity index (χ0v) is 53.0. The van der Waals surface area contributed by atoms with Crippen molar-refractivity contribution in [2.75, 3.05) is 0 Å². The van der Waals surface area contributed by atoms with Crippen LogP contribution in [0, 0.1) is 0 Å². The fourth-order valence-electron chi connectivity index (χ4n) is 16.5. The molecular weight excluding hydrogens is 1170 g/mol. The van der Waals surface area contributed by atoms with Gasteiger partial charge in [0.15, 0.2) is 0 Å². The monoisotopic (exact) mass is 1230 g/mol.